The standard InChI is InChI=1S/C16H26N2O2S/c1-4-18(12-13(2)3)21(19,20)16-8-6-5-7-14(16)11-17-15-9-10-15/h5-8,13,15,17H,4,9-12H2,1-3H3. The lowest BCUT2D eigenvalue weighted by molar-refractivity contribution is 0.380. The highest BCUT2D eigenvalue weighted by Crippen LogP contribution is 2.23. The molecule has 0 aliphatic heterocycles. The molecule has 1 aliphatic rings. The third kappa shape index (κ3) is 4.28. The summed E-state index contributed by atoms with van der Waals surface area (Å²) in [6.45, 7) is 7.66. The van der Waals surface area contributed by atoms with E-state index in [0.29, 0.717) is 36.5 Å². The predicted octanol–water partition coefficient (Wildman–Crippen LogP) is 2.61. The Morgan fingerprint density at radius 1 is 1.29 bits per heavy atom. The second-order valence-electron chi connectivity index (χ2n) is 6.11. The molecule has 21 heavy (non-hydrogen) atoms. The molecule has 5 heteroatoms. The van der Waals surface area contributed by atoms with Gasteiger partial charge in [0.1, 0.15) is 0 Å². The number of hydrogen-bond acceptors (Lipinski definition) is 3. The van der Waals surface area contributed by atoms with Crippen LogP contribution in [0.15, 0.2) is 29.2 Å². The van der Waals surface area contributed by atoms with E-state index < -0.39 is 10.0 Å². The van der Waals surface area contributed by atoms with E-state index in [9.17, 15) is 8.42 Å². The summed E-state index contributed by atoms with van der Waals surface area (Å²) < 4.78 is 27.3. The number of hydrogen-bond donors (Lipinski definition) is 1. The van der Waals surface area contributed by atoms with Gasteiger partial charge in [-0.2, -0.15) is 4.31 Å². The minimum atomic E-state index is -3.41. The summed E-state index contributed by atoms with van der Waals surface area (Å²) in [5.41, 5.74) is 0.867. The van der Waals surface area contributed by atoms with Crippen molar-refractivity contribution in [3.05, 3.63) is 29.8 Å². The fourth-order valence-electron chi connectivity index (χ4n) is 2.39. The molecule has 1 aliphatic carbocycles. The van der Waals surface area contributed by atoms with Gasteiger partial charge in [-0.25, -0.2) is 8.42 Å². The molecule has 118 valence electrons. The maximum atomic E-state index is 12.9. The Labute approximate surface area is 128 Å². The molecule has 0 spiro atoms. The lowest BCUT2D eigenvalue weighted by Crippen LogP contribution is -2.35. The van der Waals surface area contributed by atoms with E-state index in [0.717, 1.165) is 5.56 Å². The summed E-state index contributed by atoms with van der Waals surface area (Å²) in [4.78, 5) is 0.445. The number of rotatable bonds is 8. The zero-order chi connectivity index (χ0) is 15.5. The van der Waals surface area contributed by atoms with Crippen molar-refractivity contribution in [1.82, 2.24) is 9.62 Å². The van der Waals surface area contributed by atoms with Crippen LogP contribution in [0, 0.1) is 5.92 Å². The molecular weight excluding hydrogens is 284 g/mol. The van der Waals surface area contributed by atoms with Crippen LogP contribution in [-0.4, -0.2) is 31.9 Å². The molecule has 1 saturated carbocycles. The summed E-state index contributed by atoms with van der Waals surface area (Å²) in [7, 11) is -3.41. The van der Waals surface area contributed by atoms with Gasteiger partial charge >= 0.3 is 0 Å². The number of sulfonamides is 1. The molecule has 1 aromatic carbocycles. The minimum Gasteiger partial charge on any atom is -0.310 e. The van der Waals surface area contributed by atoms with Crippen molar-refractivity contribution >= 4 is 10.0 Å². The molecular formula is C16H26N2O2S. The van der Waals surface area contributed by atoms with Crippen LogP contribution in [0.1, 0.15) is 39.2 Å². The van der Waals surface area contributed by atoms with E-state index in [2.05, 4.69) is 5.32 Å². The Kier molecular flexibility index (Phi) is 5.41. The zero-order valence-electron chi connectivity index (χ0n) is 13.2. The van der Waals surface area contributed by atoms with E-state index >= 15 is 0 Å². The average molecular weight is 310 g/mol. The molecule has 0 bridgehead atoms. The summed E-state index contributed by atoms with van der Waals surface area (Å²) in [6.07, 6.45) is 2.40. The second kappa shape index (κ2) is 6.90. The van der Waals surface area contributed by atoms with Crippen molar-refractivity contribution in [1.29, 1.82) is 0 Å². The van der Waals surface area contributed by atoms with Gasteiger partial charge in [0.15, 0.2) is 0 Å². The molecule has 0 atom stereocenters. The molecule has 1 N–H and O–H groups in total. The first kappa shape index (κ1) is 16.5. The fourth-order valence-corrected chi connectivity index (χ4v) is 4.22. The van der Waals surface area contributed by atoms with Gasteiger partial charge in [0.2, 0.25) is 10.0 Å². The number of nitrogens with zero attached hydrogens (tertiary/aromatic N) is 1. The number of benzene rings is 1. The third-order valence-electron chi connectivity index (χ3n) is 3.67. The maximum absolute atomic E-state index is 12.9. The van der Waals surface area contributed by atoms with Gasteiger partial charge in [-0.05, 0) is 30.4 Å². The van der Waals surface area contributed by atoms with Crippen molar-refractivity contribution in [2.75, 3.05) is 13.1 Å². The predicted molar refractivity (Wildman–Crippen MR) is 85.6 cm³/mol. The van der Waals surface area contributed by atoms with Crippen molar-refractivity contribution < 1.29 is 8.42 Å². The topological polar surface area (TPSA) is 49.4 Å². The van der Waals surface area contributed by atoms with E-state index in [1.165, 1.54) is 12.8 Å². The lowest BCUT2D eigenvalue weighted by atomic mass is 10.2. The molecule has 0 heterocycles. The van der Waals surface area contributed by atoms with Crippen molar-refractivity contribution in [2.24, 2.45) is 5.92 Å². The summed E-state index contributed by atoms with van der Waals surface area (Å²) in [5.74, 6) is 0.316. The first-order valence-electron chi connectivity index (χ1n) is 7.76. The average Bonchev–Trinajstić information content (AvgIpc) is 3.26. The molecule has 4 nitrogen and oxygen atoms in total. The zero-order valence-corrected chi connectivity index (χ0v) is 14.0. The van der Waals surface area contributed by atoms with E-state index in [4.69, 9.17) is 0 Å². The van der Waals surface area contributed by atoms with Gasteiger partial charge in [0.05, 0.1) is 4.90 Å². The van der Waals surface area contributed by atoms with Gasteiger partial charge in [-0.3, -0.25) is 0 Å². The third-order valence-corrected chi connectivity index (χ3v) is 5.71. The van der Waals surface area contributed by atoms with Crippen molar-refractivity contribution in [3.8, 4) is 0 Å². The molecule has 0 amide bonds. The van der Waals surface area contributed by atoms with Gasteiger partial charge in [-0.1, -0.05) is 39.0 Å². The van der Waals surface area contributed by atoms with Crippen LogP contribution >= 0.6 is 0 Å². The number of nitrogens with one attached hydrogen (secondary N) is 1. The molecule has 2 rings (SSSR count). The molecule has 0 radical (unpaired) electrons. The van der Waals surface area contributed by atoms with Crippen LogP contribution in [0.4, 0.5) is 0 Å². The van der Waals surface area contributed by atoms with Crippen molar-refractivity contribution in [2.45, 2.75) is 51.1 Å². The SMILES string of the molecule is CCN(CC(C)C)S(=O)(=O)c1ccccc1CNC1CC1. The van der Waals surface area contributed by atoms with Gasteiger partial charge in [0, 0.05) is 25.7 Å². The van der Waals surface area contributed by atoms with Gasteiger partial charge in [0.25, 0.3) is 0 Å². The Hall–Kier alpha value is -0.910. The molecule has 1 aromatic rings. The maximum Gasteiger partial charge on any atom is 0.243 e. The van der Waals surface area contributed by atoms with Crippen LogP contribution in [-0.2, 0) is 16.6 Å². The minimum absolute atomic E-state index is 0.316. The Morgan fingerprint density at radius 3 is 2.52 bits per heavy atom. The second-order valence-corrected chi connectivity index (χ2v) is 8.02. The van der Waals surface area contributed by atoms with Crippen LogP contribution in [0.3, 0.4) is 0 Å². The van der Waals surface area contributed by atoms with E-state index in [1.54, 1.807) is 16.4 Å². The van der Waals surface area contributed by atoms with E-state index in [-0.39, 0.29) is 0 Å². The van der Waals surface area contributed by atoms with E-state index in [1.807, 2.05) is 32.9 Å². The molecule has 1 fully saturated rings. The smallest absolute Gasteiger partial charge is 0.243 e. The quantitative estimate of drug-likeness (QED) is 0.803. The Bertz CT molecular complexity index is 565. The molecule has 0 unspecified atom stereocenters. The Balaban J connectivity index is 2.24. The summed E-state index contributed by atoms with van der Waals surface area (Å²) >= 11 is 0. The molecule has 0 aromatic heterocycles. The highest BCUT2D eigenvalue weighted by Gasteiger charge is 2.27. The van der Waals surface area contributed by atoms with Crippen LogP contribution in [0.2, 0.25) is 0 Å². The largest absolute Gasteiger partial charge is 0.310 e. The fraction of sp³-hybridized carbons (Fsp3) is 0.625. The highest BCUT2D eigenvalue weighted by molar-refractivity contribution is 7.89. The Morgan fingerprint density at radius 2 is 1.95 bits per heavy atom. The van der Waals surface area contributed by atoms with Gasteiger partial charge in [-0.15, -0.1) is 0 Å². The lowest BCUT2D eigenvalue weighted by Gasteiger charge is -2.23. The van der Waals surface area contributed by atoms with Crippen LogP contribution in [0.5, 0.6) is 0 Å². The first-order chi connectivity index (χ1) is 9.95. The van der Waals surface area contributed by atoms with Crippen molar-refractivity contribution in [3.63, 3.8) is 0 Å². The normalized spacial score (nSPS) is 15.9. The molecule has 0 saturated heterocycles. The monoisotopic (exact) mass is 310 g/mol. The summed E-state index contributed by atoms with van der Waals surface area (Å²) in [5, 5.41) is 3.40. The highest BCUT2D eigenvalue weighted by atomic mass is 32.2. The van der Waals surface area contributed by atoms with Crippen LogP contribution in [0.25, 0.3) is 0 Å². The first-order valence-corrected chi connectivity index (χ1v) is 9.20. The van der Waals surface area contributed by atoms with Crippen LogP contribution < -0.4 is 5.32 Å². The van der Waals surface area contributed by atoms with Gasteiger partial charge < -0.3 is 5.32 Å². The summed E-state index contributed by atoms with van der Waals surface area (Å²) in [6, 6.07) is 7.91.